The molecule has 0 unspecified atom stereocenters. The first-order chi connectivity index (χ1) is 8.15. The fourth-order valence-electron chi connectivity index (χ4n) is 1.23. The summed E-state index contributed by atoms with van der Waals surface area (Å²) in [5.41, 5.74) is 5.62. The van der Waals surface area contributed by atoms with Crippen LogP contribution in [0, 0.1) is 0 Å². The number of nitrogen functional groups attached to an aromatic ring is 1. The summed E-state index contributed by atoms with van der Waals surface area (Å²) in [5.74, 6) is 1.44. The van der Waals surface area contributed by atoms with Gasteiger partial charge in [0.15, 0.2) is 5.82 Å². The number of nitrogens with one attached hydrogen (secondary N) is 2. The maximum atomic E-state index is 11.0. The number of nitrogens with two attached hydrogens (primary N) is 1. The van der Waals surface area contributed by atoms with Gasteiger partial charge in [-0.1, -0.05) is 0 Å². The first-order valence-corrected chi connectivity index (χ1v) is 5.22. The summed E-state index contributed by atoms with van der Waals surface area (Å²) >= 11 is 0. The minimum Gasteiger partial charge on any atom is -0.384 e. The van der Waals surface area contributed by atoms with Crippen LogP contribution in [-0.2, 0) is 16.1 Å². The summed E-state index contributed by atoms with van der Waals surface area (Å²) in [4.78, 5) is 19.2. The Bertz CT molecular complexity index is 383. The Morgan fingerprint density at radius 2 is 2.29 bits per heavy atom. The number of aromatic nitrogens is 2. The monoisotopic (exact) mass is 239 g/mol. The fraction of sp³-hybridized carbons (Fsp3) is 0.500. The molecular weight excluding hydrogens is 222 g/mol. The third kappa shape index (κ3) is 4.64. The molecule has 0 radical (unpaired) electrons. The number of methoxy groups -OCH3 is 1. The van der Waals surface area contributed by atoms with Crippen molar-refractivity contribution in [2.75, 3.05) is 31.8 Å². The maximum absolute atomic E-state index is 11.0. The number of nitrogens with zero attached hydrogens (tertiary/aromatic N) is 2. The van der Waals surface area contributed by atoms with E-state index in [0.29, 0.717) is 37.0 Å². The summed E-state index contributed by atoms with van der Waals surface area (Å²) in [7, 11) is 3.16. The van der Waals surface area contributed by atoms with Gasteiger partial charge in [0, 0.05) is 33.2 Å². The second-order valence-corrected chi connectivity index (χ2v) is 3.38. The molecule has 0 bridgehead atoms. The van der Waals surface area contributed by atoms with Crippen molar-refractivity contribution >= 4 is 17.5 Å². The maximum Gasteiger partial charge on any atom is 0.221 e. The second kappa shape index (κ2) is 6.64. The Kier molecular flexibility index (Phi) is 5.15. The molecule has 0 saturated heterocycles. The molecule has 7 nitrogen and oxygen atoms in total. The molecule has 7 heteroatoms. The molecule has 1 aromatic rings. The molecule has 1 heterocycles. The van der Waals surface area contributed by atoms with Gasteiger partial charge in [0.25, 0.3) is 0 Å². The number of hydrogen-bond acceptors (Lipinski definition) is 6. The summed E-state index contributed by atoms with van der Waals surface area (Å²) in [5, 5.41) is 5.54. The van der Waals surface area contributed by atoms with E-state index in [0.717, 1.165) is 0 Å². The van der Waals surface area contributed by atoms with Gasteiger partial charge in [-0.15, -0.1) is 0 Å². The van der Waals surface area contributed by atoms with Crippen LogP contribution in [0.3, 0.4) is 0 Å². The Labute approximate surface area is 99.8 Å². The first kappa shape index (κ1) is 13.2. The van der Waals surface area contributed by atoms with Crippen molar-refractivity contribution in [1.82, 2.24) is 15.3 Å². The van der Waals surface area contributed by atoms with E-state index in [2.05, 4.69) is 20.6 Å². The second-order valence-electron chi connectivity index (χ2n) is 3.38. The molecule has 0 aliphatic heterocycles. The summed E-state index contributed by atoms with van der Waals surface area (Å²) in [6.07, 6.45) is 0.375. The zero-order valence-electron chi connectivity index (χ0n) is 9.99. The summed E-state index contributed by atoms with van der Waals surface area (Å²) < 4.78 is 4.93. The van der Waals surface area contributed by atoms with Gasteiger partial charge >= 0.3 is 0 Å². The lowest BCUT2D eigenvalue weighted by molar-refractivity contribution is -0.120. The van der Waals surface area contributed by atoms with Crippen LogP contribution in [0.1, 0.15) is 12.2 Å². The average Bonchev–Trinajstić information content (AvgIpc) is 2.28. The number of rotatable bonds is 6. The highest BCUT2D eigenvalue weighted by Crippen LogP contribution is 2.08. The largest absolute Gasteiger partial charge is 0.384 e. The highest BCUT2D eigenvalue weighted by atomic mass is 16.5. The quantitative estimate of drug-likeness (QED) is 0.633. The van der Waals surface area contributed by atoms with E-state index in [9.17, 15) is 4.79 Å². The van der Waals surface area contributed by atoms with Crippen molar-refractivity contribution in [3.05, 3.63) is 11.9 Å². The Balaban J connectivity index is 2.55. The smallest absolute Gasteiger partial charge is 0.221 e. The van der Waals surface area contributed by atoms with E-state index in [1.165, 1.54) is 0 Å². The van der Waals surface area contributed by atoms with Crippen LogP contribution in [0.4, 0.5) is 11.6 Å². The number of hydrogen-bond donors (Lipinski definition) is 3. The van der Waals surface area contributed by atoms with Crippen LogP contribution in [0.5, 0.6) is 0 Å². The molecule has 1 rings (SSSR count). The zero-order chi connectivity index (χ0) is 12.7. The number of anilines is 2. The van der Waals surface area contributed by atoms with Crippen molar-refractivity contribution in [1.29, 1.82) is 0 Å². The van der Waals surface area contributed by atoms with Crippen LogP contribution in [0.15, 0.2) is 6.07 Å². The standard InChI is InChI=1S/C10H17N5O2/c1-12-10(16)3-4-13-8-5-7(11)14-9(15-8)6-17-2/h5H,3-4,6H2,1-2H3,(H,12,16)(H3,11,13,14,15). The van der Waals surface area contributed by atoms with Gasteiger partial charge in [-0.2, -0.15) is 0 Å². The molecule has 4 N–H and O–H groups in total. The molecule has 94 valence electrons. The molecule has 0 aromatic carbocycles. The van der Waals surface area contributed by atoms with Gasteiger partial charge in [-0.3, -0.25) is 4.79 Å². The lowest BCUT2D eigenvalue weighted by atomic mass is 10.4. The number of carbonyl (C=O) groups is 1. The molecule has 0 aliphatic rings. The lowest BCUT2D eigenvalue weighted by Crippen LogP contribution is -2.21. The van der Waals surface area contributed by atoms with Gasteiger partial charge in [-0.25, -0.2) is 9.97 Å². The highest BCUT2D eigenvalue weighted by Gasteiger charge is 2.03. The summed E-state index contributed by atoms with van der Waals surface area (Å²) in [6.45, 7) is 0.789. The van der Waals surface area contributed by atoms with Crippen LogP contribution >= 0.6 is 0 Å². The minimum atomic E-state index is -0.0309. The minimum absolute atomic E-state index is 0.0309. The Hall–Kier alpha value is -1.89. The number of ether oxygens (including phenoxy) is 1. The molecule has 1 amide bonds. The number of carbonyl (C=O) groups excluding carboxylic acids is 1. The predicted molar refractivity (Wildman–Crippen MR) is 64.3 cm³/mol. The first-order valence-electron chi connectivity index (χ1n) is 5.22. The third-order valence-corrected chi connectivity index (χ3v) is 2.00. The van der Waals surface area contributed by atoms with E-state index in [1.807, 2.05) is 0 Å². The molecule has 0 aliphatic carbocycles. The molecule has 0 spiro atoms. The SMILES string of the molecule is CNC(=O)CCNc1cc(N)nc(COC)n1. The van der Waals surface area contributed by atoms with Gasteiger partial charge < -0.3 is 21.1 Å². The van der Waals surface area contributed by atoms with E-state index in [1.54, 1.807) is 20.2 Å². The van der Waals surface area contributed by atoms with Crippen LogP contribution in [-0.4, -0.2) is 36.6 Å². The normalized spacial score (nSPS) is 10.0. The van der Waals surface area contributed by atoms with E-state index in [4.69, 9.17) is 10.5 Å². The molecule has 1 aromatic heterocycles. The van der Waals surface area contributed by atoms with Crippen LogP contribution in [0.25, 0.3) is 0 Å². The number of amides is 1. The molecule has 0 atom stereocenters. The van der Waals surface area contributed by atoms with Crippen LogP contribution in [0.2, 0.25) is 0 Å². The van der Waals surface area contributed by atoms with E-state index < -0.39 is 0 Å². The molecular formula is C10H17N5O2. The Morgan fingerprint density at radius 3 is 2.94 bits per heavy atom. The van der Waals surface area contributed by atoms with Crippen molar-refractivity contribution in [3.8, 4) is 0 Å². The van der Waals surface area contributed by atoms with Crippen molar-refractivity contribution in [3.63, 3.8) is 0 Å². The van der Waals surface area contributed by atoms with Gasteiger partial charge in [-0.05, 0) is 0 Å². The van der Waals surface area contributed by atoms with Gasteiger partial charge in [0.1, 0.15) is 18.2 Å². The van der Waals surface area contributed by atoms with E-state index in [-0.39, 0.29) is 5.91 Å². The van der Waals surface area contributed by atoms with E-state index >= 15 is 0 Å². The van der Waals surface area contributed by atoms with Crippen molar-refractivity contribution < 1.29 is 9.53 Å². The topological polar surface area (TPSA) is 102 Å². The highest BCUT2D eigenvalue weighted by molar-refractivity contribution is 5.76. The molecule has 17 heavy (non-hydrogen) atoms. The Morgan fingerprint density at radius 1 is 1.53 bits per heavy atom. The third-order valence-electron chi connectivity index (χ3n) is 2.00. The predicted octanol–water partition coefficient (Wildman–Crippen LogP) is -0.247. The molecule has 0 fully saturated rings. The van der Waals surface area contributed by atoms with Gasteiger partial charge in [0.05, 0.1) is 0 Å². The zero-order valence-corrected chi connectivity index (χ0v) is 9.99. The van der Waals surface area contributed by atoms with Gasteiger partial charge in [0.2, 0.25) is 5.91 Å². The van der Waals surface area contributed by atoms with Crippen molar-refractivity contribution in [2.24, 2.45) is 0 Å². The average molecular weight is 239 g/mol. The molecule has 0 saturated carbocycles. The fourth-order valence-corrected chi connectivity index (χ4v) is 1.23. The van der Waals surface area contributed by atoms with Crippen molar-refractivity contribution in [2.45, 2.75) is 13.0 Å². The lowest BCUT2D eigenvalue weighted by Gasteiger charge is -2.07. The summed E-state index contributed by atoms with van der Waals surface area (Å²) in [6, 6.07) is 1.61. The van der Waals surface area contributed by atoms with Crippen LogP contribution < -0.4 is 16.4 Å².